The molecule has 8 nitrogen and oxygen atoms in total. The third-order valence-corrected chi connectivity index (χ3v) is 7.65. The summed E-state index contributed by atoms with van der Waals surface area (Å²) in [6.07, 6.45) is 3.31. The number of aryl methyl sites for hydroxylation is 1. The first-order valence-electron chi connectivity index (χ1n) is 13.0. The minimum Gasteiger partial charge on any atom is -0.394 e. The highest BCUT2D eigenvalue weighted by molar-refractivity contribution is 6.03. The molecular formula is C26H39F2N7O. The minimum atomic E-state index is -2.68. The van der Waals surface area contributed by atoms with E-state index in [4.69, 9.17) is 5.73 Å². The summed E-state index contributed by atoms with van der Waals surface area (Å²) in [6, 6.07) is 3.22. The van der Waals surface area contributed by atoms with Crippen LogP contribution in [0, 0.1) is 5.41 Å². The number of benzene rings is 1. The van der Waals surface area contributed by atoms with Crippen LogP contribution in [0.15, 0.2) is 18.3 Å². The van der Waals surface area contributed by atoms with Gasteiger partial charge < -0.3 is 31.5 Å². The molecule has 2 saturated heterocycles. The van der Waals surface area contributed by atoms with E-state index < -0.39 is 12.5 Å². The highest BCUT2D eigenvalue weighted by atomic mass is 19.3. The van der Waals surface area contributed by atoms with Gasteiger partial charge in [0.25, 0.3) is 6.43 Å². The Balaban J connectivity index is 1.68. The van der Waals surface area contributed by atoms with E-state index in [1.807, 2.05) is 11.0 Å². The van der Waals surface area contributed by atoms with E-state index in [-0.39, 0.29) is 24.1 Å². The van der Waals surface area contributed by atoms with E-state index in [0.29, 0.717) is 41.8 Å². The highest BCUT2D eigenvalue weighted by Crippen LogP contribution is 2.38. The van der Waals surface area contributed by atoms with Gasteiger partial charge >= 0.3 is 0 Å². The first-order valence-corrected chi connectivity index (χ1v) is 13.0. The molecule has 36 heavy (non-hydrogen) atoms. The lowest BCUT2D eigenvalue weighted by atomic mass is 9.91. The van der Waals surface area contributed by atoms with Crippen molar-refractivity contribution in [3.63, 3.8) is 0 Å². The average Bonchev–Trinajstić information content (AvgIpc) is 3.30. The maximum Gasteiger partial charge on any atom is 0.264 e. The zero-order chi connectivity index (χ0) is 25.8. The Morgan fingerprint density at radius 3 is 2.67 bits per heavy atom. The number of amides is 1. The lowest BCUT2D eigenvalue weighted by molar-refractivity contribution is -0.128. The van der Waals surface area contributed by atoms with Crippen LogP contribution in [0.5, 0.6) is 0 Å². The number of nitrogens with two attached hydrogens (primary N) is 1. The molecule has 0 bridgehead atoms. The molecule has 1 aromatic carbocycles. The van der Waals surface area contributed by atoms with Crippen molar-refractivity contribution in [2.75, 3.05) is 44.7 Å². The van der Waals surface area contributed by atoms with E-state index in [0.717, 1.165) is 50.8 Å². The second-order valence-corrected chi connectivity index (χ2v) is 9.92. The summed E-state index contributed by atoms with van der Waals surface area (Å²) in [7, 11) is 1.72. The Hall–Kier alpha value is -2.56. The molecule has 198 valence electrons. The molecule has 2 atom stereocenters. The van der Waals surface area contributed by atoms with Gasteiger partial charge in [0.05, 0.1) is 0 Å². The summed E-state index contributed by atoms with van der Waals surface area (Å²) >= 11 is 0. The third kappa shape index (κ3) is 5.40. The Morgan fingerprint density at radius 1 is 1.28 bits per heavy atom. The number of alkyl halides is 2. The number of piperidine rings is 1. The van der Waals surface area contributed by atoms with Crippen molar-refractivity contribution in [3.05, 3.63) is 35.0 Å². The predicted molar refractivity (Wildman–Crippen MR) is 139 cm³/mol. The van der Waals surface area contributed by atoms with Crippen LogP contribution in [0.2, 0.25) is 0 Å². The van der Waals surface area contributed by atoms with E-state index in [9.17, 15) is 19.0 Å². The standard InChI is InChI=1S/C26H39F2N7O/c1-16(36)34-11-7-22(33-19-5-8-32-9-6-19)24(34)26(30)35-10-3-4-17-12-20(18(14-29)15-31-2)21(25(27)28)13-23(17)35/h12-13,15,19,22,24-25,30-33H,3-11,14,29H2,1-2H3/b18-15+,30-26?. The zero-order valence-corrected chi connectivity index (χ0v) is 21.2. The van der Waals surface area contributed by atoms with Crippen LogP contribution in [-0.4, -0.2) is 74.5 Å². The summed E-state index contributed by atoms with van der Waals surface area (Å²) in [4.78, 5) is 16.1. The van der Waals surface area contributed by atoms with Gasteiger partial charge in [-0.05, 0) is 74.0 Å². The Labute approximate surface area is 212 Å². The fraction of sp³-hybridized carbons (Fsp3) is 0.615. The maximum absolute atomic E-state index is 14.2. The number of anilines is 1. The molecule has 6 N–H and O–H groups in total. The second kappa shape index (κ2) is 11.7. The first kappa shape index (κ1) is 26.5. The quantitative estimate of drug-likeness (QED) is 0.288. The fourth-order valence-corrected chi connectivity index (χ4v) is 5.89. The minimum absolute atomic E-state index is 0.0360. The molecular weight excluding hydrogens is 464 g/mol. The fourth-order valence-electron chi connectivity index (χ4n) is 5.89. The summed E-state index contributed by atoms with van der Waals surface area (Å²) in [6.45, 7) is 4.73. The van der Waals surface area contributed by atoms with Crippen molar-refractivity contribution in [1.82, 2.24) is 20.9 Å². The highest BCUT2D eigenvalue weighted by Gasteiger charge is 2.42. The lowest BCUT2D eigenvalue weighted by Crippen LogP contribution is -2.57. The second-order valence-electron chi connectivity index (χ2n) is 9.92. The Kier molecular flexibility index (Phi) is 8.58. The van der Waals surface area contributed by atoms with Crippen LogP contribution in [-0.2, 0) is 11.2 Å². The summed E-state index contributed by atoms with van der Waals surface area (Å²) < 4.78 is 28.5. The van der Waals surface area contributed by atoms with Crippen LogP contribution in [0.1, 0.15) is 55.7 Å². The van der Waals surface area contributed by atoms with Crippen molar-refractivity contribution in [3.8, 4) is 0 Å². The number of nitrogens with zero attached hydrogens (tertiary/aromatic N) is 2. The topological polar surface area (TPSA) is 110 Å². The Bertz CT molecular complexity index is 993. The van der Waals surface area contributed by atoms with Gasteiger partial charge in [-0.15, -0.1) is 0 Å². The van der Waals surface area contributed by atoms with Gasteiger partial charge in [0.2, 0.25) is 5.91 Å². The smallest absolute Gasteiger partial charge is 0.264 e. The number of hydrogen-bond acceptors (Lipinski definition) is 6. The van der Waals surface area contributed by atoms with Crippen LogP contribution >= 0.6 is 0 Å². The molecule has 2 fully saturated rings. The van der Waals surface area contributed by atoms with E-state index in [2.05, 4.69) is 16.0 Å². The van der Waals surface area contributed by atoms with E-state index in [1.54, 1.807) is 25.1 Å². The molecule has 0 radical (unpaired) electrons. The van der Waals surface area contributed by atoms with Crippen molar-refractivity contribution in [2.45, 2.75) is 63.6 Å². The lowest BCUT2D eigenvalue weighted by Gasteiger charge is -2.39. The van der Waals surface area contributed by atoms with Crippen LogP contribution in [0.25, 0.3) is 5.57 Å². The number of carbonyl (C=O) groups excluding carboxylic acids is 1. The zero-order valence-electron chi connectivity index (χ0n) is 21.2. The van der Waals surface area contributed by atoms with Gasteiger partial charge in [0, 0.05) is 63.1 Å². The molecule has 1 amide bonds. The monoisotopic (exact) mass is 503 g/mol. The van der Waals surface area contributed by atoms with Crippen LogP contribution in [0.4, 0.5) is 14.5 Å². The molecule has 0 aromatic heterocycles. The molecule has 3 aliphatic rings. The number of likely N-dealkylation sites (tertiary alicyclic amines) is 1. The number of hydrogen-bond donors (Lipinski definition) is 5. The molecule has 0 spiro atoms. The van der Waals surface area contributed by atoms with Crippen molar-refractivity contribution in [2.24, 2.45) is 5.73 Å². The van der Waals surface area contributed by atoms with Crippen LogP contribution < -0.4 is 26.6 Å². The largest absolute Gasteiger partial charge is 0.394 e. The van der Waals surface area contributed by atoms with E-state index in [1.165, 1.54) is 6.07 Å². The third-order valence-electron chi connectivity index (χ3n) is 7.65. The molecule has 1 aromatic rings. The van der Waals surface area contributed by atoms with Gasteiger partial charge in [-0.25, -0.2) is 8.78 Å². The average molecular weight is 504 g/mol. The van der Waals surface area contributed by atoms with Gasteiger partial charge in [-0.3, -0.25) is 10.2 Å². The normalized spacial score (nSPS) is 23.2. The van der Waals surface area contributed by atoms with Gasteiger partial charge in [0.1, 0.15) is 11.9 Å². The number of amidine groups is 1. The molecule has 0 aliphatic carbocycles. The van der Waals surface area contributed by atoms with Gasteiger partial charge in [-0.2, -0.15) is 0 Å². The SMILES string of the molecule is CN/C=C(\CN)c1cc2c(cc1C(F)F)N(C(=N)C1C(NC3CCNCC3)CCN1C(C)=O)CCC2. The van der Waals surface area contributed by atoms with Crippen LogP contribution in [0.3, 0.4) is 0 Å². The Morgan fingerprint density at radius 2 is 2.03 bits per heavy atom. The number of halogens is 2. The van der Waals surface area contributed by atoms with Crippen molar-refractivity contribution in [1.29, 1.82) is 5.41 Å². The van der Waals surface area contributed by atoms with Crippen molar-refractivity contribution >= 4 is 23.0 Å². The number of fused-ring (bicyclic) bond motifs is 1. The number of rotatable bonds is 7. The maximum atomic E-state index is 14.2. The van der Waals surface area contributed by atoms with Crippen molar-refractivity contribution < 1.29 is 13.6 Å². The molecule has 10 heteroatoms. The van der Waals surface area contributed by atoms with E-state index >= 15 is 0 Å². The predicted octanol–water partition coefficient (Wildman–Crippen LogP) is 2.20. The summed E-state index contributed by atoms with van der Waals surface area (Å²) in [5.41, 5.74) is 8.44. The molecule has 3 heterocycles. The van der Waals surface area contributed by atoms with Gasteiger partial charge in [-0.1, -0.05) is 0 Å². The molecule has 2 unspecified atom stereocenters. The number of carbonyl (C=O) groups is 1. The first-order chi connectivity index (χ1) is 17.3. The molecule has 4 rings (SSSR count). The molecule has 3 aliphatic heterocycles. The summed E-state index contributed by atoms with van der Waals surface area (Å²) in [5.74, 6) is 0.234. The number of nitrogens with one attached hydrogen (secondary N) is 4. The molecule has 0 saturated carbocycles. The van der Waals surface area contributed by atoms with Gasteiger partial charge in [0.15, 0.2) is 0 Å². The summed E-state index contributed by atoms with van der Waals surface area (Å²) in [5, 5.41) is 19.2.